The Morgan fingerprint density at radius 1 is 0.978 bits per heavy atom. The van der Waals surface area contributed by atoms with Gasteiger partial charge in [-0.25, -0.2) is 23.5 Å². The van der Waals surface area contributed by atoms with Gasteiger partial charge in [0, 0.05) is 43.5 Å². The monoisotopic (exact) mass is 633 g/mol. The molecule has 1 aliphatic heterocycles. The molecular weight excluding hydrogens is 604 g/mol. The summed E-state index contributed by atoms with van der Waals surface area (Å²) in [4.78, 5) is 65.2. The van der Waals surface area contributed by atoms with Crippen LogP contribution in [0, 0.1) is 17.6 Å². The number of oxime groups is 1. The topological polar surface area (TPSA) is 161 Å². The molecule has 13 nitrogen and oxygen atoms in total. The lowest BCUT2D eigenvalue weighted by atomic mass is 10.1. The molecule has 0 aromatic carbocycles. The van der Waals surface area contributed by atoms with E-state index < -0.39 is 45.7 Å². The lowest BCUT2D eigenvalue weighted by molar-refractivity contribution is 0.0694. The van der Waals surface area contributed by atoms with Crippen molar-refractivity contribution in [3.63, 3.8) is 0 Å². The van der Waals surface area contributed by atoms with E-state index in [0.717, 1.165) is 37.8 Å². The minimum Gasteiger partial charge on any atom is -0.477 e. The van der Waals surface area contributed by atoms with Crippen LogP contribution < -0.4 is 21.1 Å². The van der Waals surface area contributed by atoms with E-state index in [9.17, 15) is 24.3 Å². The molecule has 7 rings (SSSR count). The van der Waals surface area contributed by atoms with Crippen LogP contribution in [0.15, 0.2) is 39.3 Å². The van der Waals surface area contributed by atoms with Crippen LogP contribution in [0.3, 0.4) is 0 Å². The lowest BCUT2D eigenvalue weighted by Crippen LogP contribution is -2.26. The molecule has 4 aromatic heterocycles. The number of Topliss-reactive ketones (excluding diaryl/α,β-unsaturated/α-hetero) is 1. The number of carbonyl (C=O) groups is 2. The molecule has 46 heavy (non-hydrogen) atoms. The van der Waals surface area contributed by atoms with E-state index >= 15 is 8.78 Å². The molecule has 0 spiro atoms. The quantitative estimate of drug-likeness (QED) is 0.206. The van der Waals surface area contributed by atoms with Gasteiger partial charge in [0.25, 0.3) is 0 Å². The summed E-state index contributed by atoms with van der Waals surface area (Å²) in [6.45, 7) is 1.75. The highest BCUT2D eigenvalue weighted by atomic mass is 19.1. The van der Waals surface area contributed by atoms with Crippen molar-refractivity contribution in [2.24, 2.45) is 11.1 Å². The number of carbonyl (C=O) groups excluding carboxylic acids is 1. The van der Waals surface area contributed by atoms with Gasteiger partial charge in [-0.2, -0.15) is 0 Å². The molecule has 3 aliphatic rings. The van der Waals surface area contributed by atoms with Crippen LogP contribution in [-0.2, 0) is 4.84 Å². The van der Waals surface area contributed by atoms with Crippen molar-refractivity contribution >= 4 is 51.2 Å². The number of fused-ring (bicyclic) bond motifs is 2. The Kier molecular flexibility index (Phi) is 7.05. The Labute approximate surface area is 259 Å². The van der Waals surface area contributed by atoms with Gasteiger partial charge in [-0.1, -0.05) is 5.16 Å². The summed E-state index contributed by atoms with van der Waals surface area (Å²) in [6.07, 6.45) is 6.02. The van der Waals surface area contributed by atoms with E-state index in [2.05, 4.69) is 20.4 Å². The third-order valence-corrected chi connectivity index (χ3v) is 8.68. The highest BCUT2D eigenvalue weighted by molar-refractivity contribution is 5.97. The number of halogens is 2. The van der Waals surface area contributed by atoms with Crippen molar-refractivity contribution in [3.05, 3.63) is 67.7 Å². The van der Waals surface area contributed by atoms with Crippen molar-refractivity contribution in [1.82, 2.24) is 19.1 Å². The zero-order valence-corrected chi connectivity index (χ0v) is 24.9. The Balaban J connectivity index is 1.20. The van der Waals surface area contributed by atoms with Gasteiger partial charge in [0.15, 0.2) is 29.1 Å². The van der Waals surface area contributed by atoms with Crippen molar-refractivity contribution in [2.75, 3.05) is 37.0 Å². The Morgan fingerprint density at radius 2 is 1.57 bits per heavy atom. The average Bonchev–Trinajstić information content (AvgIpc) is 3.95. The van der Waals surface area contributed by atoms with E-state index in [1.807, 2.05) is 0 Å². The second-order valence-electron chi connectivity index (χ2n) is 12.0. The van der Waals surface area contributed by atoms with Crippen LogP contribution in [-0.4, -0.2) is 68.4 Å². The molecule has 1 atom stereocenters. The van der Waals surface area contributed by atoms with E-state index in [4.69, 9.17) is 4.84 Å². The smallest absolute Gasteiger partial charge is 0.341 e. The fraction of sp³-hybridized carbons (Fsp3) is 0.387. The number of anilines is 2. The molecule has 2 saturated carbocycles. The maximum absolute atomic E-state index is 15.5. The van der Waals surface area contributed by atoms with Gasteiger partial charge in [-0.15, -0.1) is 0 Å². The molecule has 1 saturated heterocycles. The summed E-state index contributed by atoms with van der Waals surface area (Å²) >= 11 is 0. The van der Waals surface area contributed by atoms with Crippen molar-refractivity contribution in [1.29, 1.82) is 0 Å². The van der Waals surface area contributed by atoms with E-state index in [-0.39, 0.29) is 71.0 Å². The van der Waals surface area contributed by atoms with Gasteiger partial charge in [-0.3, -0.25) is 14.4 Å². The zero-order valence-electron chi connectivity index (χ0n) is 24.9. The zero-order chi connectivity index (χ0) is 32.4. The fourth-order valence-electron chi connectivity index (χ4n) is 6.04. The van der Waals surface area contributed by atoms with Gasteiger partial charge in [0.05, 0.1) is 28.6 Å². The third kappa shape index (κ3) is 5.04. The molecule has 15 heteroatoms. The van der Waals surface area contributed by atoms with Crippen molar-refractivity contribution in [2.45, 2.75) is 44.7 Å². The molecule has 1 unspecified atom stereocenters. The predicted molar refractivity (Wildman–Crippen MR) is 164 cm³/mol. The number of carboxylic acids is 1. The van der Waals surface area contributed by atoms with E-state index in [1.165, 1.54) is 26.4 Å². The molecule has 0 amide bonds. The first kappa shape index (κ1) is 29.5. The minimum absolute atomic E-state index is 0.0150. The lowest BCUT2D eigenvalue weighted by Gasteiger charge is -2.20. The largest absolute Gasteiger partial charge is 0.477 e. The van der Waals surface area contributed by atoms with Crippen LogP contribution in [0.25, 0.3) is 22.1 Å². The number of pyridine rings is 4. The summed E-state index contributed by atoms with van der Waals surface area (Å²) in [5, 5.41) is 16.5. The van der Waals surface area contributed by atoms with Gasteiger partial charge in [0.1, 0.15) is 24.0 Å². The normalized spacial score (nSPS) is 18.9. The second-order valence-corrected chi connectivity index (χ2v) is 12.0. The summed E-state index contributed by atoms with van der Waals surface area (Å²) in [7, 11) is 1.38. The average molecular weight is 634 g/mol. The van der Waals surface area contributed by atoms with E-state index in [1.54, 1.807) is 14.0 Å². The number of hydrogen-bond donors (Lipinski definition) is 2. The third-order valence-electron chi connectivity index (χ3n) is 8.68. The number of ketones is 1. The first-order chi connectivity index (χ1) is 22.0. The van der Waals surface area contributed by atoms with E-state index in [0.29, 0.717) is 5.71 Å². The maximum atomic E-state index is 15.5. The van der Waals surface area contributed by atoms with Crippen molar-refractivity contribution in [3.8, 4) is 0 Å². The summed E-state index contributed by atoms with van der Waals surface area (Å²) < 4.78 is 34.2. The number of nitrogens with zero attached hydrogens (tertiary/aromatic N) is 6. The number of aromatic carboxylic acids is 1. The predicted octanol–water partition coefficient (Wildman–Crippen LogP) is 3.51. The molecule has 5 heterocycles. The number of aromatic nitrogens is 4. The molecule has 0 radical (unpaired) electrons. The van der Waals surface area contributed by atoms with Crippen LogP contribution in [0.4, 0.5) is 20.4 Å². The number of nitrogens with one attached hydrogen (secondary N) is 1. The Hall–Kier alpha value is -5.21. The first-order valence-corrected chi connectivity index (χ1v) is 14.9. The molecule has 2 aliphatic carbocycles. The molecule has 4 aromatic rings. The van der Waals surface area contributed by atoms with Gasteiger partial charge in [0.2, 0.25) is 10.9 Å². The van der Waals surface area contributed by atoms with Gasteiger partial charge >= 0.3 is 5.97 Å². The highest BCUT2D eigenvalue weighted by Crippen LogP contribution is 2.38. The summed E-state index contributed by atoms with van der Waals surface area (Å²) in [5.74, 6) is -3.91. The van der Waals surface area contributed by atoms with Crippen LogP contribution >= 0.6 is 0 Å². The Morgan fingerprint density at radius 3 is 2.15 bits per heavy atom. The molecule has 3 fully saturated rings. The minimum atomic E-state index is -1.39. The maximum Gasteiger partial charge on any atom is 0.341 e. The van der Waals surface area contributed by atoms with Crippen molar-refractivity contribution < 1.29 is 28.3 Å². The molecule has 0 bridgehead atoms. The van der Waals surface area contributed by atoms with Crippen LogP contribution in [0.5, 0.6) is 0 Å². The SMILES string of the molecule is CON=C1CN(c2nc3c(cc2F)c(=O)c(C(=O)O)cn3C2CC2)CC1CNc1nc2c(cc1F)c(=O)c(C(C)=O)cn2C1CC1. The number of hydrogen-bond acceptors (Lipinski definition) is 10. The number of carboxylic acid groups (broad SMARTS) is 1. The van der Waals surface area contributed by atoms with Gasteiger partial charge in [-0.05, 0) is 44.7 Å². The number of rotatable bonds is 9. The highest BCUT2D eigenvalue weighted by Gasteiger charge is 2.34. The standard InChI is InChI=1S/C31H29F2N7O6/c1-14(41)20-11-39(16-3-4-16)28-18(25(20)42)7-22(32)27(35-28)34-9-15-10-38(13-24(15)37-46-2)30-23(33)8-19-26(43)21(31(44)45)12-40(17-5-6-17)29(19)36-30/h7-8,11-12,15-17H,3-6,9-10,13H2,1-2H3,(H,34,35)(H,44,45). The van der Waals surface area contributed by atoms with Gasteiger partial charge < -0.3 is 29.3 Å². The Bertz CT molecular complexity index is 2120. The van der Waals surface area contributed by atoms with Crippen LogP contribution in [0.2, 0.25) is 0 Å². The molecular formula is C31H29F2N7O6. The second kappa shape index (κ2) is 11.0. The molecule has 2 N–H and O–H groups in total. The first-order valence-electron chi connectivity index (χ1n) is 14.9. The fourth-order valence-corrected chi connectivity index (χ4v) is 6.04. The molecule has 238 valence electrons. The summed E-state index contributed by atoms with van der Waals surface area (Å²) in [6, 6.07) is 2.14. The summed E-state index contributed by atoms with van der Waals surface area (Å²) in [5.41, 5.74) is -0.851. The van der Waals surface area contributed by atoms with Crippen LogP contribution in [0.1, 0.15) is 65.4 Å².